The van der Waals surface area contributed by atoms with Gasteiger partial charge in [0.1, 0.15) is 0 Å². The summed E-state index contributed by atoms with van der Waals surface area (Å²) in [6.07, 6.45) is 5.64. The van der Waals surface area contributed by atoms with Gasteiger partial charge in [0.25, 0.3) is 0 Å². The van der Waals surface area contributed by atoms with Gasteiger partial charge in [-0.3, -0.25) is 9.69 Å². The van der Waals surface area contributed by atoms with Crippen molar-refractivity contribution >= 4 is 5.91 Å². The highest BCUT2D eigenvalue weighted by atomic mass is 16.5. The van der Waals surface area contributed by atoms with E-state index in [2.05, 4.69) is 22.0 Å². The summed E-state index contributed by atoms with van der Waals surface area (Å²) in [5.74, 6) is 2.30. The van der Waals surface area contributed by atoms with Crippen molar-refractivity contribution in [1.82, 2.24) is 15.1 Å². The van der Waals surface area contributed by atoms with Crippen LogP contribution in [-0.4, -0.2) is 74.7 Å². The van der Waals surface area contributed by atoms with Crippen LogP contribution in [0.4, 0.5) is 0 Å². The van der Waals surface area contributed by atoms with E-state index in [0.29, 0.717) is 17.7 Å². The summed E-state index contributed by atoms with van der Waals surface area (Å²) in [6, 6.07) is 0. The van der Waals surface area contributed by atoms with Crippen LogP contribution in [0, 0.1) is 17.8 Å². The Hall–Kier alpha value is -0.650. The van der Waals surface area contributed by atoms with Gasteiger partial charge in [0.2, 0.25) is 5.91 Å². The zero-order valence-electron chi connectivity index (χ0n) is 15.3. The Morgan fingerprint density at radius 1 is 1.17 bits per heavy atom. The third-order valence-electron chi connectivity index (χ3n) is 6.18. The number of rotatable bonds is 5. The standard InChI is InChI=1S/C19H35N3O2/c1-16(18-4-6-20-7-5-18)13-19(23)22-8-2-3-17(15-22)14-21-9-11-24-12-10-21/h16-18,20H,2-15H2,1H3. The molecule has 0 aromatic heterocycles. The van der Waals surface area contributed by atoms with Crippen molar-refractivity contribution in [2.45, 2.75) is 39.0 Å². The molecule has 3 rings (SSSR count). The summed E-state index contributed by atoms with van der Waals surface area (Å²) in [6.45, 7) is 11.4. The average Bonchev–Trinajstić information content (AvgIpc) is 2.63. The summed E-state index contributed by atoms with van der Waals surface area (Å²) >= 11 is 0. The maximum Gasteiger partial charge on any atom is 0.222 e. The van der Waals surface area contributed by atoms with Crippen LogP contribution in [0.25, 0.3) is 0 Å². The molecule has 0 spiro atoms. The maximum absolute atomic E-state index is 12.8. The maximum atomic E-state index is 12.8. The fourth-order valence-electron chi connectivity index (χ4n) is 4.57. The van der Waals surface area contributed by atoms with Gasteiger partial charge in [0, 0.05) is 39.1 Å². The first-order valence-corrected chi connectivity index (χ1v) is 10.0. The van der Waals surface area contributed by atoms with Crippen LogP contribution in [0.5, 0.6) is 0 Å². The highest BCUT2D eigenvalue weighted by molar-refractivity contribution is 5.76. The van der Waals surface area contributed by atoms with E-state index in [4.69, 9.17) is 4.74 Å². The van der Waals surface area contributed by atoms with Crippen molar-refractivity contribution in [3.63, 3.8) is 0 Å². The molecule has 3 aliphatic heterocycles. The van der Waals surface area contributed by atoms with E-state index in [-0.39, 0.29) is 0 Å². The first kappa shape index (κ1) is 18.2. The van der Waals surface area contributed by atoms with Gasteiger partial charge in [-0.05, 0) is 56.5 Å². The molecule has 1 amide bonds. The summed E-state index contributed by atoms with van der Waals surface area (Å²) in [4.78, 5) is 17.4. The smallest absolute Gasteiger partial charge is 0.222 e. The van der Waals surface area contributed by atoms with Gasteiger partial charge in [-0.1, -0.05) is 6.92 Å². The van der Waals surface area contributed by atoms with E-state index in [1.54, 1.807) is 0 Å². The second-order valence-electron chi connectivity index (χ2n) is 8.03. The Balaban J connectivity index is 1.43. The Kier molecular flexibility index (Phi) is 6.93. The minimum absolute atomic E-state index is 0.396. The number of hydrogen-bond acceptors (Lipinski definition) is 4. The number of likely N-dealkylation sites (tertiary alicyclic amines) is 1. The van der Waals surface area contributed by atoms with Crippen LogP contribution in [0.15, 0.2) is 0 Å². The number of piperidine rings is 2. The Morgan fingerprint density at radius 2 is 1.92 bits per heavy atom. The number of carbonyl (C=O) groups excluding carboxylic acids is 1. The number of carbonyl (C=O) groups is 1. The van der Waals surface area contributed by atoms with Crippen molar-refractivity contribution < 1.29 is 9.53 Å². The molecule has 3 saturated heterocycles. The predicted molar refractivity (Wildman–Crippen MR) is 95.9 cm³/mol. The molecule has 3 aliphatic rings. The molecule has 5 nitrogen and oxygen atoms in total. The first-order chi connectivity index (χ1) is 11.7. The largest absolute Gasteiger partial charge is 0.379 e. The van der Waals surface area contributed by atoms with E-state index in [1.165, 1.54) is 25.7 Å². The van der Waals surface area contributed by atoms with Crippen LogP contribution in [0.1, 0.15) is 39.0 Å². The van der Waals surface area contributed by atoms with Gasteiger partial charge in [-0.15, -0.1) is 0 Å². The lowest BCUT2D eigenvalue weighted by atomic mass is 9.83. The fraction of sp³-hybridized carbons (Fsp3) is 0.947. The van der Waals surface area contributed by atoms with Crippen LogP contribution in [0.3, 0.4) is 0 Å². The molecule has 3 heterocycles. The van der Waals surface area contributed by atoms with E-state index in [1.807, 2.05) is 0 Å². The van der Waals surface area contributed by atoms with Gasteiger partial charge in [-0.25, -0.2) is 0 Å². The molecule has 1 N–H and O–H groups in total. The topological polar surface area (TPSA) is 44.8 Å². The first-order valence-electron chi connectivity index (χ1n) is 10.0. The molecule has 3 fully saturated rings. The molecule has 2 unspecified atom stereocenters. The predicted octanol–water partition coefficient (Wildman–Crippen LogP) is 1.58. The number of amides is 1. The lowest BCUT2D eigenvalue weighted by molar-refractivity contribution is -0.134. The molecular formula is C19H35N3O2. The van der Waals surface area contributed by atoms with Crippen molar-refractivity contribution in [2.75, 3.05) is 59.0 Å². The normalized spacial score (nSPS) is 28.7. The third kappa shape index (κ3) is 5.17. The monoisotopic (exact) mass is 337 g/mol. The van der Waals surface area contributed by atoms with E-state index in [9.17, 15) is 4.79 Å². The minimum atomic E-state index is 0.396. The second kappa shape index (κ2) is 9.16. The lowest BCUT2D eigenvalue weighted by Crippen LogP contribution is -2.46. The van der Waals surface area contributed by atoms with Crippen molar-refractivity contribution in [2.24, 2.45) is 17.8 Å². The molecule has 24 heavy (non-hydrogen) atoms. The Morgan fingerprint density at radius 3 is 2.67 bits per heavy atom. The summed E-state index contributed by atoms with van der Waals surface area (Å²) in [7, 11) is 0. The molecule has 0 saturated carbocycles. The molecule has 0 radical (unpaired) electrons. The van der Waals surface area contributed by atoms with Gasteiger partial charge in [-0.2, -0.15) is 0 Å². The van der Waals surface area contributed by atoms with E-state index in [0.717, 1.165) is 71.4 Å². The minimum Gasteiger partial charge on any atom is -0.379 e. The highest BCUT2D eigenvalue weighted by Crippen LogP contribution is 2.26. The van der Waals surface area contributed by atoms with Crippen LogP contribution in [-0.2, 0) is 9.53 Å². The van der Waals surface area contributed by atoms with Crippen molar-refractivity contribution in [3.05, 3.63) is 0 Å². The number of ether oxygens (including phenoxy) is 1. The van der Waals surface area contributed by atoms with Gasteiger partial charge < -0.3 is 15.0 Å². The molecule has 0 aromatic rings. The average molecular weight is 338 g/mol. The summed E-state index contributed by atoms with van der Waals surface area (Å²) < 4.78 is 5.44. The number of nitrogens with one attached hydrogen (secondary N) is 1. The Bertz CT molecular complexity index is 392. The summed E-state index contributed by atoms with van der Waals surface area (Å²) in [5, 5.41) is 3.42. The number of morpholine rings is 1. The zero-order chi connectivity index (χ0) is 16.8. The molecule has 138 valence electrons. The van der Waals surface area contributed by atoms with Crippen LogP contribution >= 0.6 is 0 Å². The van der Waals surface area contributed by atoms with Crippen LogP contribution < -0.4 is 5.32 Å². The molecule has 0 aliphatic carbocycles. The third-order valence-corrected chi connectivity index (χ3v) is 6.18. The fourth-order valence-corrected chi connectivity index (χ4v) is 4.57. The van der Waals surface area contributed by atoms with Gasteiger partial charge >= 0.3 is 0 Å². The Labute approximate surface area is 147 Å². The van der Waals surface area contributed by atoms with Crippen LogP contribution in [0.2, 0.25) is 0 Å². The molecule has 0 aromatic carbocycles. The molecule has 0 bridgehead atoms. The number of nitrogens with zero attached hydrogens (tertiary/aromatic N) is 2. The second-order valence-corrected chi connectivity index (χ2v) is 8.03. The zero-order valence-corrected chi connectivity index (χ0v) is 15.3. The van der Waals surface area contributed by atoms with Gasteiger partial charge in [0.05, 0.1) is 13.2 Å². The van der Waals surface area contributed by atoms with Crippen molar-refractivity contribution in [1.29, 1.82) is 0 Å². The molecular weight excluding hydrogens is 302 g/mol. The summed E-state index contributed by atoms with van der Waals surface area (Å²) in [5.41, 5.74) is 0. The van der Waals surface area contributed by atoms with E-state index >= 15 is 0 Å². The van der Waals surface area contributed by atoms with E-state index < -0.39 is 0 Å². The molecule has 5 heteroatoms. The highest BCUT2D eigenvalue weighted by Gasteiger charge is 2.28. The van der Waals surface area contributed by atoms with Gasteiger partial charge in [0.15, 0.2) is 0 Å². The van der Waals surface area contributed by atoms with Crippen molar-refractivity contribution in [3.8, 4) is 0 Å². The number of hydrogen-bond donors (Lipinski definition) is 1. The SMILES string of the molecule is CC(CC(=O)N1CCCC(CN2CCOCC2)C1)C1CCNCC1. The quantitative estimate of drug-likeness (QED) is 0.827. The molecule has 2 atom stereocenters. The lowest BCUT2D eigenvalue weighted by Gasteiger charge is -2.37.